The predicted octanol–water partition coefficient (Wildman–Crippen LogP) is 3.46. The van der Waals surface area contributed by atoms with Crippen molar-refractivity contribution in [3.8, 4) is 0 Å². The van der Waals surface area contributed by atoms with Crippen molar-refractivity contribution in [1.29, 1.82) is 0 Å². The highest BCUT2D eigenvalue weighted by Crippen LogP contribution is 2.26. The maximum absolute atomic E-state index is 11.6. The highest BCUT2D eigenvalue weighted by Gasteiger charge is 2.27. The minimum absolute atomic E-state index is 0.267. The number of amides is 1. The van der Waals surface area contributed by atoms with Crippen LogP contribution in [-0.4, -0.2) is 23.1 Å². The number of rotatable bonds is 2. The van der Waals surface area contributed by atoms with Crippen LogP contribution in [0.25, 0.3) is 0 Å². The van der Waals surface area contributed by atoms with Crippen LogP contribution >= 0.6 is 15.9 Å². The van der Waals surface area contributed by atoms with Crippen molar-refractivity contribution >= 4 is 22.0 Å². The summed E-state index contributed by atoms with van der Waals surface area (Å²) in [6.45, 7) is 5.65. The Labute approximate surface area is 106 Å². The van der Waals surface area contributed by atoms with Crippen LogP contribution < -0.4 is 5.32 Å². The SMILES string of the molecule is CC(C)(C)OC(=O)N[C@H]1CCCC[C@@H]1CBr. The van der Waals surface area contributed by atoms with E-state index in [9.17, 15) is 4.79 Å². The van der Waals surface area contributed by atoms with Gasteiger partial charge in [0.25, 0.3) is 0 Å². The van der Waals surface area contributed by atoms with Gasteiger partial charge in [0.1, 0.15) is 5.60 Å². The van der Waals surface area contributed by atoms with E-state index in [1.165, 1.54) is 19.3 Å². The first-order chi connectivity index (χ1) is 7.42. The molecule has 0 heterocycles. The lowest BCUT2D eigenvalue weighted by Crippen LogP contribution is -2.44. The van der Waals surface area contributed by atoms with E-state index in [2.05, 4.69) is 21.2 Å². The number of hydrogen-bond donors (Lipinski definition) is 1. The summed E-state index contributed by atoms with van der Waals surface area (Å²) in [5.41, 5.74) is -0.414. The Hall–Kier alpha value is -0.250. The van der Waals surface area contributed by atoms with E-state index in [1.54, 1.807) is 0 Å². The van der Waals surface area contributed by atoms with E-state index >= 15 is 0 Å². The van der Waals surface area contributed by atoms with Crippen LogP contribution in [0.2, 0.25) is 0 Å². The molecular weight excluding hydrogens is 270 g/mol. The van der Waals surface area contributed by atoms with E-state index in [1.807, 2.05) is 20.8 Å². The molecule has 2 atom stereocenters. The second kappa shape index (κ2) is 5.89. The molecule has 1 saturated carbocycles. The maximum atomic E-state index is 11.6. The number of halogens is 1. The van der Waals surface area contributed by atoms with Crippen LogP contribution in [0.15, 0.2) is 0 Å². The van der Waals surface area contributed by atoms with E-state index < -0.39 is 5.60 Å². The number of ether oxygens (including phenoxy) is 1. The molecule has 0 bridgehead atoms. The Bertz CT molecular complexity index is 238. The third-order valence-corrected chi connectivity index (χ3v) is 3.64. The fourth-order valence-electron chi connectivity index (χ4n) is 2.04. The van der Waals surface area contributed by atoms with Gasteiger partial charge in [-0.3, -0.25) is 0 Å². The van der Waals surface area contributed by atoms with Crippen molar-refractivity contribution in [3.63, 3.8) is 0 Å². The Morgan fingerprint density at radius 2 is 2.00 bits per heavy atom. The van der Waals surface area contributed by atoms with Gasteiger partial charge in [-0.2, -0.15) is 0 Å². The zero-order valence-corrected chi connectivity index (χ0v) is 12.0. The third kappa shape index (κ3) is 4.73. The van der Waals surface area contributed by atoms with Crippen molar-refractivity contribution in [3.05, 3.63) is 0 Å². The number of carbonyl (C=O) groups is 1. The fraction of sp³-hybridized carbons (Fsp3) is 0.917. The second-order valence-electron chi connectivity index (χ2n) is 5.45. The van der Waals surface area contributed by atoms with Crippen molar-refractivity contribution in [2.75, 3.05) is 5.33 Å². The van der Waals surface area contributed by atoms with Gasteiger partial charge in [-0.25, -0.2) is 4.79 Å². The molecule has 1 aliphatic rings. The highest BCUT2D eigenvalue weighted by molar-refractivity contribution is 9.09. The summed E-state index contributed by atoms with van der Waals surface area (Å²) in [6.07, 6.45) is 4.43. The largest absolute Gasteiger partial charge is 0.444 e. The molecule has 1 N–H and O–H groups in total. The predicted molar refractivity (Wildman–Crippen MR) is 68.9 cm³/mol. The van der Waals surface area contributed by atoms with Gasteiger partial charge in [0.15, 0.2) is 0 Å². The summed E-state index contributed by atoms with van der Waals surface area (Å²) in [6, 6.07) is 0.267. The molecule has 4 heteroatoms. The number of alkyl halides is 1. The molecule has 1 amide bonds. The molecule has 3 nitrogen and oxygen atoms in total. The van der Waals surface area contributed by atoms with Gasteiger partial charge in [0, 0.05) is 11.4 Å². The number of hydrogen-bond acceptors (Lipinski definition) is 2. The number of alkyl carbamates (subject to hydrolysis) is 1. The van der Waals surface area contributed by atoms with Crippen LogP contribution in [0, 0.1) is 5.92 Å². The summed E-state index contributed by atoms with van der Waals surface area (Å²) in [5.74, 6) is 0.543. The zero-order valence-electron chi connectivity index (χ0n) is 10.4. The van der Waals surface area contributed by atoms with E-state index in [-0.39, 0.29) is 12.1 Å². The molecule has 0 aromatic rings. The lowest BCUT2D eigenvalue weighted by atomic mass is 9.86. The van der Waals surface area contributed by atoms with Gasteiger partial charge < -0.3 is 10.1 Å². The first-order valence-corrected chi connectivity index (χ1v) is 7.10. The van der Waals surface area contributed by atoms with Gasteiger partial charge >= 0.3 is 6.09 Å². The van der Waals surface area contributed by atoms with Crippen LogP contribution in [0.3, 0.4) is 0 Å². The molecule has 16 heavy (non-hydrogen) atoms. The number of nitrogens with one attached hydrogen (secondary N) is 1. The Morgan fingerprint density at radius 3 is 2.56 bits per heavy atom. The van der Waals surface area contributed by atoms with Crippen molar-refractivity contribution in [1.82, 2.24) is 5.32 Å². The Balaban J connectivity index is 2.42. The summed E-state index contributed by atoms with van der Waals surface area (Å²) in [4.78, 5) is 11.6. The smallest absolute Gasteiger partial charge is 0.407 e. The standard InChI is InChI=1S/C12H22BrNO2/c1-12(2,3)16-11(15)14-10-7-5-4-6-9(10)8-13/h9-10H,4-8H2,1-3H3,(H,14,15)/t9-,10+/m1/s1. The van der Waals surface area contributed by atoms with Gasteiger partial charge in [-0.1, -0.05) is 28.8 Å². The van der Waals surface area contributed by atoms with E-state index in [0.29, 0.717) is 5.92 Å². The van der Waals surface area contributed by atoms with Gasteiger partial charge in [0.2, 0.25) is 0 Å². The summed E-state index contributed by atoms with van der Waals surface area (Å²) in [5, 5.41) is 3.94. The topological polar surface area (TPSA) is 38.3 Å². The van der Waals surface area contributed by atoms with Crippen molar-refractivity contribution in [2.45, 2.75) is 58.1 Å². The molecule has 1 fully saturated rings. The zero-order chi connectivity index (χ0) is 12.2. The second-order valence-corrected chi connectivity index (χ2v) is 6.10. The van der Waals surface area contributed by atoms with E-state index in [4.69, 9.17) is 4.74 Å². The van der Waals surface area contributed by atoms with Crippen LogP contribution in [0.5, 0.6) is 0 Å². The molecule has 0 unspecified atom stereocenters. The van der Waals surface area contributed by atoms with Crippen molar-refractivity contribution in [2.24, 2.45) is 5.92 Å². The minimum Gasteiger partial charge on any atom is -0.444 e. The Kier molecular flexibility index (Phi) is 5.09. The van der Waals surface area contributed by atoms with E-state index in [0.717, 1.165) is 11.8 Å². The summed E-state index contributed by atoms with van der Waals surface area (Å²) < 4.78 is 5.27. The van der Waals surface area contributed by atoms with Crippen LogP contribution in [-0.2, 0) is 4.74 Å². The first kappa shape index (κ1) is 13.8. The molecule has 0 spiro atoms. The molecular formula is C12H22BrNO2. The number of carbonyl (C=O) groups excluding carboxylic acids is 1. The quantitative estimate of drug-likeness (QED) is 0.791. The molecule has 1 aliphatic carbocycles. The van der Waals surface area contributed by atoms with Crippen molar-refractivity contribution < 1.29 is 9.53 Å². The fourth-order valence-corrected chi connectivity index (χ4v) is 2.82. The first-order valence-electron chi connectivity index (χ1n) is 5.98. The van der Waals surface area contributed by atoms with Crippen LogP contribution in [0.4, 0.5) is 4.79 Å². The average Bonchev–Trinajstić information content (AvgIpc) is 2.15. The molecule has 0 aliphatic heterocycles. The molecule has 0 radical (unpaired) electrons. The van der Waals surface area contributed by atoms with Gasteiger partial charge in [0.05, 0.1) is 0 Å². The van der Waals surface area contributed by atoms with Crippen LogP contribution in [0.1, 0.15) is 46.5 Å². The normalized spacial score (nSPS) is 26.2. The Morgan fingerprint density at radius 1 is 1.38 bits per heavy atom. The highest BCUT2D eigenvalue weighted by atomic mass is 79.9. The minimum atomic E-state index is -0.414. The molecule has 0 saturated heterocycles. The summed E-state index contributed by atoms with van der Waals surface area (Å²) >= 11 is 3.51. The van der Waals surface area contributed by atoms with Gasteiger partial charge in [-0.15, -0.1) is 0 Å². The lowest BCUT2D eigenvalue weighted by Gasteiger charge is -2.31. The molecule has 94 valence electrons. The lowest BCUT2D eigenvalue weighted by molar-refractivity contribution is 0.0475. The molecule has 0 aromatic heterocycles. The summed E-state index contributed by atoms with van der Waals surface area (Å²) in [7, 11) is 0. The van der Waals surface area contributed by atoms with Gasteiger partial charge in [-0.05, 0) is 39.5 Å². The third-order valence-electron chi connectivity index (χ3n) is 2.81. The molecule has 1 rings (SSSR count). The monoisotopic (exact) mass is 291 g/mol. The molecule has 0 aromatic carbocycles. The maximum Gasteiger partial charge on any atom is 0.407 e. The average molecular weight is 292 g/mol.